The van der Waals surface area contributed by atoms with Crippen LogP contribution in [0.15, 0.2) is 59.4 Å². The van der Waals surface area contributed by atoms with Gasteiger partial charge < -0.3 is 5.32 Å². The lowest BCUT2D eigenvalue weighted by Gasteiger charge is -2.19. The van der Waals surface area contributed by atoms with Gasteiger partial charge in [0.1, 0.15) is 0 Å². The van der Waals surface area contributed by atoms with Gasteiger partial charge in [-0.25, -0.2) is 4.79 Å². The maximum Gasteiger partial charge on any atom is 0.343 e. The Hall–Kier alpha value is -2.82. The van der Waals surface area contributed by atoms with E-state index in [0.717, 1.165) is 30.3 Å². The number of para-hydroxylation sites is 1. The van der Waals surface area contributed by atoms with Crippen LogP contribution >= 0.6 is 0 Å². The van der Waals surface area contributed by atoms with Crippen molar-refractivity contribution >= 4 is 16.9 Å². The summed E-state index contributed by atoms with van der Waals surface area (Å²) in [7, 11) is 0. The van der Waals surface area contributed by atoms with Crippen molar-refractivity contribution in [2.75, 3.05) is 6.54 Å². The smallest absolute Gasteiger partial charge is 0.336 e. The van der Waals surface area contributed by atoms with Crippen LogP contribution in [-0.2, 0) is 0 Å². The number of nitrogens with zero attached hydrogens (tertiary/aromatic N) is 2. The molecular formula is C21H25N3O2. The summed E-state index contributed by atoms with van der Waals surface area (Å²) < 4.78 is 3.04. The molecule has 0 aliphatic rings. The molecule has 0 radical (unpaired) electrons. The van der Waals surface area contributed by atoms with Gasteiger partial charge in [-0.3, -0.25) is 9.48 Å². The molecule has 26 heavy (non-hydrogen) atoms. The molecule has 0 saturated carbocycles. The number of amides is 1. The molecule has 1 atom stereocenters. The first kappa shape index (κ1) is 18.0. The fourth-order valence-electron chi connectivity index (χ4n) is 3.26. The monoisotopic (exact) mass is 351 g/mol. The van der Waals surface area contributed by atoms with Crippen molar-refractivity contribution in [1.82, 2.24) is 14.7 Å². The van der Waals surface area contributed by atoms with Crippen LogP contribution in [0.25, 0.3) is 10.9 Å². The van der Waals surface area contributed by atoms with Gasteiger partial charge in [0.05, 0.1) is 16.9 Å². The maximum atomic E-state index is 12.9. The van der Waals surface area contributed by atoms with E-state index < -0.39 is 0 Å². The number of nitrogens with one attached hydrogen (secondary N) is 1. The standard InChI is InChI=1S/C21H25N3O2/c1-3-4-10-15-22-21(26)24-20(25)18-13-8-9-14-19(18)23(24)16(2)17-11-6-5-7-12-17/h5-9,11-14,16H,3-4,10,15H2,1-2H3,(H,22,26). The number of hydrogen-bond donors (Lipinski definition) is 1. The molecule has 0 spiro atoms. The number of benzene rings is 2. The minimum Gasteiger partial charge on any atom is -0.336 e. The number of hydrogen-bond acceptors (Lipinski definition) is 2. The predicted octanol–water partition coefficient (Wildman–Crippen LogP) is 4.16. The van der Waals surface area contributed by atoms with Crippen molar-refractivity contribution in [3.63, 3.8) is 0 Å². The van der Waals surface area contributed by atoms with Crippen LogP contribution in [0, 0.1) is 0 Å². The second-order valence-corrected chi connectivity index (χ2v) is 6.50. The van der Waals surface area contributed by atoms with Gasteiger partial charge in [0.15, 0.2) is 0 Å². The molecule has 0 fully saturated rings. The lowest BCUT2D eigenvalue weighted by Crippen LogP contribution is -2.39. The van der Waals surface area contributed by atoms with Crippen molar-refractivity contribution in [1.29, 1.82) is 0 Å². The average Bonchev–Trinajstić information content (AvgIpc) is 2.98. The molecule has 136 valence electrons. The van der Waals surface area contributed by atoms with Crippen molar-refractivity contribution in [2.45, 2.75) is 39.2 Å². The first-order chi connectivity index (χ1) is 12.6. The summed E-state index contributed by atoms with van der Waals surface area (Å²) in [6.45, 7) is 4.69. The Kier molecular flexibility index (Phi) is 5.56. The SMILES string of the molecule is CCCCCNC(=O)n1c(=O)c2ccccc2n1C(C)c1ccccc1. The largest absolute Gasteiger partial charge is 0.343 e. The molecule has 0 bridgehead atoms. The molecule has 1 amide bonds. The Bertz CT molecular complexity index is 941. The van der Waals surface area contributed by atoms with Crippen LogP contribution in [-0.4, -0.2) is 21.9 Å². The molecule has 5 heteroatoms. The van der Waals surface area contributed by atoms with Gasteiger partial charge >= 0.3 is 6.03 Å². The summed E-state index contributed by atoms with van der Waals surface area (Å²) in [5.74, 6) is 0. The van der Waals surface area contributed by atoms with Crippen molar-refractivity contribution in [3.05, 3.63) is 70.5 Å². The zero-order valence-electron chi connectivity index (χ0n) is 15.3. The third kappa shape index (κ3) is 3.43. The molecule has 0 aliphatic heterocycles. The Balaban J connectivity index is 2.06. The van der Waals surface area contributed by atoms with Crippen LogP contribution in [0.4, 0.5) is 4.79 Å². The Morgan fingerprint density at radius 1 is 1.04 bits per heavy atom. The minimum absolute atomic E-state index is 0.148. The highest BCUT2D eigenvalue weighted by molar-refractivity contribution is 5.85. The highest BCUT2D eigenvalue weighted by Crippen LogP contribution is 2.22. The average molecular weight is 351 g/mol. The number of fused-ring (bicyclic) bond motifs is 1. The number of rotatable bonds is 6. The Morgan fingerprint density at radius 2 is 1.73 bits per heavy atom. The van der Waals surface area contributed by atoms with E-state index in [-0.39, 0.29) is 17.6 Å². The molecule has 1 unspecified atom stereocenters. The fraction of sp³-hybridized carbons (Fsp3) is 0.333. The molecule has 0 aliphatic carbocycles. The number of aromatic nitrogens is 2. The van der Waals surface area contributed by atoms with Crippen molar-refractivity contribution in [3.8, 4) is 0 Å². The third-order valence-corrected chi connectivity index (χ3v) is 4.69. The van der Waals surface area contributed by atoms with E-state index in [2.05, 4.69) is 12.2 Å². The van der Waals surface area contributed by atoms with E-state index in [1.54, 1.807) is 10.7 Å². The Labute approximate surface area is 153 Å². The minimum atomic E-state index is -0.370. The van der Waals surface area contributed by atoms with E-state index in [4.69, 9.17) is 0 Å². The van der Waals surface area contributed by atoms with Gasteiger partial charge in [0.2, 0.25) is 0 Å². The molecule has 1 heterocycles. The lowest BCUT2D eigenvalue weighted by atomic mass is 10.1. The van der Waals surface area contributed by atoms with Gasteiger partial charge in [0.25, 0.3) is 5.56 Å². The fourth-order valence-corrected chi connectivity index (χ4v) is 3.26. The van der Waals surface area contributed by atoms with Gasteiger partial charge in [-0.15, -0.1) is 0 Å². The van der Waals surface area contributed by atoms with Crippen LogP contribution in [0.5, 0.6) is 0 Å². The van der Waals surface area contributed by atoms with Crippen LogP contribution < -0.4 is 10.9 Å². The molecule has 3 rings (SSSR count). The molecule has 1 N–H and O–H groups in total. The molecule has 5 nitrogen and oxygen atoms in total. The van der Waals surface area contributed by atoms with Gasteiger partial charge in [-0.05, 0) is 31.0 Å². The van der Waals surface area contributed by atoms with Gasteiger partial charge in [0, 0.05) is 6.54 Å². The highest BCUT2D eigenvalue weighted by atomic mass is 16.2. The molecule has 1 aromatic heterocycles. The summed E-state index contributed by atoms with van der Waals surface area (Å²) in [6, 6.07) is 16.7. The van der Waals surface area contributed by atoms with Gasteiger partial charge in [-0.1, -0.05) is 62.2 Å². The first-order valence-corrected chi connectivity index (χ1v) is 9.20. The van der Waals surface area contributed by atoms with Crippen molar-refractivity contribution in [2.24, 2.45) is 0 Å². The second kappa shape index (κ2) is 8.04. The van der Waals surface area contributed by atoms with E-state index in [1.807, 2.05) is 55.5 Å². The van der Waals surface area contributed by atoms with Crippen LogP contribution in [0.1, 0.15) is 44.7 Å². The molecule has 3 aromatic rings. The predicted molar refractivity (Wildman–Crippen MR) is 105 cm³/mol. The molecule has 2 aromatic carbocycles. The maximum absolute atomic E-state index is 12.9. The normalized spacial score (nSPS) is 12.2. The van der Waals surface area contributed by atoms with Crippen LogP contribution in [0.3, 0.4) is 0 Å². The van der Waals surface area contributed by atoms with E-state index in [0.29, 0.717) is 11.9 Å². The topological polar surface area (TPSA) is 56.0 Å². The zero-order chi connectivity index (χ0) is 18.5. The van der Waals surface area contributed by atoms with Crippen LogP contribution in [0.2, 0.25) is 0 Å². The number of unbranched alkanes of at least 4 members (excludes halogenated alkanes) is 2. The lowest BCUT2D eigenvalue weighted by molar-refractivity contribution is 0.233. The van der Waals surface area contributed by atoms with Gasteiger partial charge in [-0.2, -0.15) is 4.68 Å². The second-order valence-electron chi connectivity index (χ2n) is 6.50. The third-order valence-electron chi connectivity index (χ3n) is 4.69. The number of carbonyl (C=O) groups is 1. The number of carbonyl (C=O) groups excluding carboxylic acids is 1. The zero-order valence-corrected chi connectivity index (χ0v) is 15.3. The van der Waals surface area contributed by atoms with E-state index in [1.165, 1.54) is 4.68 Å². The summed E-state index contributed by atoms with van der Waals surface area (Å²) in [5, 5.41) is 3.44. The summed E-state index contributed by atoms with van der Waals surface area (Å²) >= 11 is 0. The summed E-state index contributed by atoms with van der Waals surface area (Å²) in [5.41, 5.74) is 1.52. The molecule has 0 saturated heterocycles. The van der Waals surface area contributed by atoms with Crippen molar-refractivity contribution < 1.29 is 4.79 Å². The van der Waals surface area contributed by atoms with E-state index >= 15 is 0 Å². The van der Waals surface area contributed by atoms with E-state index in [9.17, 15) is 9.59 Å². The quantitative estimate of drug-likeness (QED) is 0.678. The highest BCUT2D eigenvalue weighted by Gasteiger charge is 2.22. The first-order valence-electron chi connectivity index (χ1n) is 9.20. The summed E-state index contributed by atoms with van der Waals surface area (Å²) in [4.78, 5) is 25.7. The Morgan fingerprint density at radius 3 is 2.46 bits per heavy atom. The summed E-state index contributed by atoms with van der Waals surface area (Å²) in [6.07, 6.45) is 3.05. The molecular weight excluding hydrogens is 326 g/mol.